The van der Waals surface area contributed by atoms with Crippen molar-refractivity contribution in [3.8, 4) is 11.5 Å². The number of Topliss-reactive ketones (excluding diaryl/α,β-unsaturated/α-hetero) is 1. The van der Waals surface area contributed by atoms with Crippen LogP contribution in [0.1, 0.15) is 34.3 Å². The van der Waals surface area contributed by atoms with Gasteiger partial charge in [-0.05, 0) is 62.1 Å². The van der Waals surface area contributed by atoms with Gasteiger partial charge in [0.25, 0.3) is 0 Å². The largest absolute Gasteiger partial charge is 0.493 e. The van der Waals surface area contributed by atoms with E-state index in [2.05, 4.69) is 35.8 Å². The summed E-state index contributed by atoms with van der Waals surface area (Å²) in [5, 5.41) is 0. The first kappa shape index (κ1) is 22.2. The molecule has 6 nitrogen and oxygen atoms in total. The summed E-state index contributed by atoms with van der Waals surface area (Å²) < 4.78 is 10.6. The molecule has 30 heavy (non-hydrogen) atoms. The summed E-state index contributed by atoms with van der Waals surface area (Å²) >= 11 is 0. The lowest BCUT2D eigenvalue weighted by Gasteiger charge is -2.22. The minimum absolute atomic E-state index is 0. The zero-order chi connectivity index (χ0) is 20.5. The van der Waals surface area contributed by atoms with Gasteiger partial charge in [-0.1, -0.05) is 6.07 Å². The zero-order valence-corrected chi connectivity index (χ0v) is 19.6. The van der Waals surface area contributed by atoms with E-state index in [-0.39, 0.29) is 29.3 Å². The quantitative estimate of drug-likeness (QED) is 0.595. The van der Waals surface area contributed by atoms with Gasteiger partial charge < -0.3 is 19.3 Å². The van der Waals surface area contributed by atoms with Gasteiger partial charge in [0.15, 0.2) is 17.3 Å². The Balaban J connectivity index is 0.00000256. The number of rotatable bonds is 5. The molecule has 160 valence electrons. The van der Waals surface area contributed by atoms with Crippen molar-refractivity contribution in [1.82, 2.24) is 0 Å². The van der Waals surface area contributed by atoms with Gasteiger partial charge in [-0.15, -0.1) is 17.0 Å². The van der Waals surface area contributed by atoms with Crippen LogP contribution in [0.25, 0.3) is 0 Å². The van der Waals surface area contributed by atoms with E-state index in [1.165, 1.54) is 16.8 Å². The molecule has 7 heteroatoms. The number of benzene rings is 2. The number of anilines is 2. The van der Waals surface area contributed by atoms with Crippen LogP contribution in [0.4, 0.5) is 11.4 Å². The van der Waals surface area contributed by atoms with Crippen molar-refractivity contribution < 1.29 is 14.3 Å². The second-order valence-corrected chi connectivity index (χ2v) is 7.49. The third-order valence-electron chi connectivity index (χ3n) is 5.77. The highest BCUT2D eigenvalue weighted by molar-refractivity contribution is 8.93. The van der Waals surface area contributed by atoms with Crippen molar-refractivity contribution in [3.05, 3.63) is 47.0 Å². The fourth-order valence-electron chi connectivity index (χ4n) is 4.04. The molecule has 2 aliphatic rings. The van der Waals surface area contributed by atoms with Gasteiger partial charge in [-0.25, -0.2) is 0 Å². The number of carbonyl (C=O) groups is 1. The molecule has 0 bridgehead atoms. The molecule has 0 saturated heterocycles. The van der Waals surface area contributed by atoms with E-state index in [0.717, 1.165) is 37.6 Å². The Morgan fingerprint density at radius 1 is 1.07 bits per heavy atom. The van der Waals surface area contributed by atoms with Crippen LogP contribution in [0.15, 0.2) is 35.3 Å². The molecule has 2 aromatic carbocycles. The third-order valence-corrected chi connectivity index (χ3v) is 5.77. The van der Waals surface area contributed by atoms with E-state index in [0.29, 0.717) is 17.1 Å². The summed E-state index contributed by atoms with van der Waals surface area (Å²) in [4.78, 5) is 22.4. The van der Waals surface area contributed by atoms with Crippen LogP contribution in [-0.4, -0.2) is 45.6 Å². The SMILES string of the molecule is Br.COc1ccc(C(=O)CN2C3=NCCCCN3c3c2ccc(C)c3C)cc1OC. The maximum absolute atomic E-state index is 13.2. The number of ether oxygens (including phenoxy) is 2. The van der Waals surface area contributed by atoms with Crippen molar-refractivity contribution in [2.75, 3.05) is 43.7 Å². The van der Waals surface area contributed by atoms with Crippen molar-refractivity contribution >= 4 is 40.1 Å². The monoisotopic (exact) mass is 473 g/mol. The lowest BCUT2D eigenvalue weighted by molar-refractivity contribution is 0.100. The molecule has 0 spiro atoms. The normalized spacial score (nSPS) is 14.9. The van der Waals surface area contributed by atoms with E-state index >= 15 is 0 Å². The number of aryl methyl sites for hydroxylation is 1. The number of hydrogen-bond donors (Lipinski definition) is 0. The Labute approximate surface area is 188 Å². The Hall–Kier alpha value is -2.54. The van der Waals surface area contributed by atoms with Gasteiger partial charge in [0, 0.05) is 18.7 Å². The second kappa shape index (κ2) is 9.08. The molecule has 2 heterocycles. The first-order valence-corrected chi connectivity index (χ1v) is 10.00. The minimum atomic E-state index is 0. The lowest BCUT2D eigenvalue weighted by atomic mass is 10.1. The molecule has 0 saturated carbocycles. The molecule has 4 rings (SSSR count). The van der Waals surface area contributed by atoms with Crippen LogP contribution in [0.2, 0.25) is 0 Å². The number of nitrogens with zero attached hydrogens (tertiary/aromatic N) is 3. The Morgan fingerprint density at radius 3 is 2.57 bits per heavy atom. The highest BCUT2D eigenvalue weighted by Crippen LogP contribution is 2.42. The second-order valence-electron chi connectivity index (χ2n) is 7.49. The average molecular weight is 474 g/mol. The zero-order valence-electron chi connectivity index (χ0n) is 17.9. The fraction of sp³-hybridized carbons (Fsp3) is 0.391. The summed E-state index contributed by atoms with van der Waals surface area (Å²) in [6.07, 6.45) is 2.16. The molecule has 0 N–H and O–H groups in total. The van der Waals surface area contributed by atoms with Crippen molar-refractivity contribution in [2.24, 2.45) is 4.99 Å². The van der Waals surface area contributed by atoms with Crippen LogP contribution in [0.5, 0.6) is 11.5 Å². The van der Waals surface area contributed by atoms with Gasteiger partial charge in [0.05, 0.1) is 32.1 Å². The summed E-state index contributed by atoms with van der Waals surface area (Å²) in [5.74, 6) is 2.07. The van der Waals surface area contributed by atoms with Gasteiger partial charge in [0.2, 0.25) is 5.96 Å². The van der Waals surface area contributed by atoms with E-state index in [4.69, 9.17) is 14.5 Å². The number of ketones is 1. The number of halogens is 1. The van der Waals surface area contributed by atoms with Crippen LogP contribution in [0.3, 0.4) is 0 Å². The number of methoxy groups -OCH3 is 2. The highest BCUT2D eigenvalue weighted by atomic mass is 79.9. The molecule has 0 aromatic heterocycles. The van der Waals surface area contributed by atoms with E-state index < -0.39 is 0 Å². The number of carbonyl (C=O) groups excluding carboxylic acids is 1. The molecule has 0 radical (unpaired) electrons. The van der Waals surface area contributed by atoms with Crippen molar-refractivity contribution in [1.29, 1.82) is 0 Å². The molecule has 0 atom stereocenters. The summed E-state index contributed by atoms with van der Waals surface area (Å²) in [5.41, 5.74) is 5.34. The van der Waals surface area contributed by atoms with Crippen LogP contribution in [-0.2, 0) is 0 Å². The average Bonchev–Trinajstić information content (AvgIpc) is 2.87. The number of hydrogen-bond acceptors (Lipinski definition) is 6. The smallest absolute Gasteiger partial charge is 0.206 e. The standard InChI is InChI=1S/C23H27N3O3.BrH/c1-15-7-9-18-22(16(15)2)25-12-6-5-11-24-23(25)26(18)14-19(27)17-8-10-20(28-3)21(13-17)29-4;/h7-10,13H,5-6,11-12,14H2,1-4H3;1H. The molecule has 0 unspecified atom stereocenters. The van der Waals surface area contributed by atoms with E-state index in [1.54, 1.807) is 32.4 Å². The molecule has 2 aliphatic heterocycles. The molecule has 0 fully saturated rings. The van der Waals surface area contributed by atoms with Gasteiger partial charge in [-0.2, -0.15) is 0 Å². The van der Waals surface area contributed by atoms with Crippen molar-refractivity contribution in [2.45, 2.75) is 26.7 Å². The number of fused-ring (bicyclic) bond motifs is 3. The Bertz CT molecular complexity index is 990. The Kier molecular flexibility index (Phi) is 6.71. The lowest BCUT2D eigenvalue weighted by Crippen LogP contribution is -2.41. The predicted octanol–water partition coefficient (Wildman–Crippen LogP) is 4.56. The van der Waals surface area contributed by atoms with E-state index in [9.17, 15) is 4.79 Å². The van der Waals surface area contributed by atoms with Crippen LogP contribution in [0, 0.1) is 13.8 Å². The first-order valence-electron chi connectivity index (χ1n) is 10.00. The third kappa shape index (κ3) is 3.78. The van der Waals surface area contributed by atoms with Gasteiger partial charge in [0.1, 0.15) is 0 Å². The number of guanidine groups is 1. The Morgan fingerprint density at radius 2 is 1.83 bits per heavy atom. The molecular formula is C23H28BrN3O3. The summed E-state index contributed by atoms with van der Waals surface area (Å²) in [7, 11) is 3.16. The minimum Gasteiger partial charge on any atom is -0.493 e. The van der Waals surface area contributed by atoms with E-state index in [1.807, 2.05) is 0 Å². The van der Waals surface area contributed by atoms with Gasteiger partial charge in [-0.3, -0.25) is 9.79 Å². The van der Waals surface area contributed by atoms with Gasteiger partial charge >= 0.3 is 0 Å². The number of aliphatic imine (C=N–C) groups is 1. The van der Waals surface area contributed by atoms with Crippen molar-refractivity contribution in [3.63, 3.8) is 0 Å². The maximum atomic E-state index is 13.2. The first-order chi connectivity index (χ1) is 14.0. The van der Waals surface area contributed by atoms with Crippen LogP contribution < -0.4 is 19.3 Å². The fourth-order valence-corrected chi connectivity index (χ4v) is 4.04. The molecule has 0 aliphatic carbocycles. The molecular weight excluding hydrogens is 446 g/mol. The maximum Gasteiger partial charge on any atom is 0.206 e. The highest BCUT2D eigenvalue weighted by Gasteiger charge is 2.36. The summed E-state index contributed by atoms with van der Waals surface area (Å²) in [6.45, 7) is 6.23. The van der Waals surface area contributed by atoms with Crippen LogP contribution >= 0.6 is 17.0 Å². The molecule has 2 aromatic rings. The predicted molar refractivity (Wildman–Crippen MR) is 126 cm³/mol. The topological polar surface area (TPSA) is 54.4 Å². The summed E-state index contributed by atoms with van der Waals surface area (Å²) in [6, 6.07) is 9.53. The molecule has 0 amide bonds.